The van der Waals surface area contributed by atoms with E-state index >= 15 is 0 Å². The van der Waals surface area contributed by atoms with Crippen LogP contribution in [0.1, 0.15) is 24.0 Å². The second-order valence-corrected chi connectivity index (χ2v) is 4.50. The number of nitrogens with zero attached hydrogens (tertiary/aromatic N) is 1. The molecule has 1 aliphatic rings. The quantitative estimate of drug-likeness (QED) is 0.812. The second-order valence-electron chi connectivity index (χ2n) is 4.50. The van der Waals surface area contributed by atoms with Crippen LogP contribution in [0.25, 0.3) is 0 Å². The monoisotopic (exact) mass is 234 g/mol. The Morgan fingerprint density at radius 3 is 2.88 bits per heavy atom. The van der Waals surface area contributed by atoms with Gasteiger partial charge in [-0.05, 0) is 42.5 Å². The fourth-order valence-corrected chi connectivity index (χ4v) is 1.83. The summed E-state index contributed by atoms with van der Waals surface area (Å²) < 4.78 is 13.1. The Labute approximate surface area is 99.9 Å². The molecular formula is C13H15FN2O. The largest absolute Gasteiger partial charge is 0.392 e. The minimum Gasteiger partial charge on any atom is -0.392 e. The molecule has 1 aromatic rings. The summed E-state index contributed by atoms with van der Waals surface area (Å²) in [6, 6.07) is 6.18. The van der Waals surface area contributed by atoms with E-state index in [2.05, 4.69) is 5.32 Å². The Bertz CT molecular complexity index is 438. The fourth-order valence-electron chi connectivity index (χ4n) is 1.83. The van der Waals surface area contributed by atoms with Crippen LogP contribution < -0.4 is 5.32 Å². The average Bonchev–Trinajstić information content (AvgIpc) is 3.12. The molecule has 1 atom stereocenters. The first-order chi connectivity index (χ1) is 8.19. The van der Waals surface area contributed by atoms with Crippen molar-refractivity contribution < 1.29 is 9.50 Å². The molecule has 0 saturated heterocycles. The molecule has 90 valence electrons. The van der Waals surface area contributed by atoms with Gasteiger partial charge in [-0.3, -0.25) is 0 Å². The number of nitrogens with one attached hydrogen (secondary N) is 1. The average molecular weight is 234 g/mol. The van der Waals surface area contributed by atoms with Gasteiger partial charge in [0, 0.05) is 13.1 Å². The van der Waals surface area contributed by atoms with Crippen molar-refractivity contribution >= 4 is 0 Å². The predicted molar refractivity (Wildman–Crippen MR) is 61.6 cm³/mol. The van der Waals surface area contributed by atoms with Crippen molar-refractivity contribution in [3.8, 4) is 6.07 Å². The van der Waals surface area contributed by atoms with Crippen LogP contribution in [-0.4, -0.2) is 17.8 Å². The van der Waals surface area contributed by atoms with Gasteiger partial charge in [0.1, 0.15) is 5.82 Å². The zero-order chi connectivity index (χ0) is 12.3. The summed E-state index contributed by atoms with van der Waals surface area (Å²) in [4.78, 5) is 0. The van der Waals surface area contributed by atoms with Crippen LogP contribution in [0.15, 0.2) is 18.2 Å². The van der Waals surface area contributed by atoms with E-state index in [9.17, 15) is 9.50 Å². The molecule has 4 heteroatoms. The molecule has 0 bridgehead atoms. The maximum atomic E-state index is 13.1. The lowest BCUT2D eigenvalue weighted by Crippen LogP contribution is -2.27. The molecule has 1 fully saturated rings. The minimum absolute atomic E-state index is 0.306. The standard InChI is InChI=1S/C13H15FN2O/c14-12-4-9(6-15)3-10(5-12)7-16-8-13(17)11-1-2-11/h3-5,11,13,16-17H,1-2,7-8H2. The van der Waals surface area contributed by atoms with Gasteiger partial charge in [-0.25, -0.2) is 4.39 Å². The summed E-state index contributed by atoms with van der Waals surface area (Å²) in [5.41, 5.74) is 1.05. The number of nitriles is 1. The van der Waals surface area contributed by atoms with Gasteiger partial charge < -0.3 is 10.4 Å². The van der Waals surface area contributed by atoms with Crippen LogP contribution in [0.2, 0.25) is 0 Å². The summed E-state index contributed by atoms with van der Waals surface area (Å²) in [5.74, 6) is 0.0354. The maximum absolute atomic E-state index is 13.1. The van der Waals surface area contributed by atoms with Crippen molar-refractivity contribution in [1.82, 2.24) is 5.32 Å². The van der Waals surface area contributed by atoms with E-state index in [4.69, 9.17) is 5.26 Å². The highest BCUT2D eigenvalue weighted by atomic mass is 19.1. The Kier molecular flexibility index (Phi) is 3.72. The SMILES string of the molecule is N#Cc1cc(F)cc(CNCC(O)C2CC2)c1. The van der Waals surface area contributed by atoms with E-state index < -0.39 is 5.82 Å². The molecule has 1 saturated carbocycles. The molecule has 0 spiro atoms. The van der Waals surface area contributed by atoms with Gasteiger partial charge in [-0.2, -0.15) is 5.26 Å². The molecule has 2 rings (SSSR count). The van der Waals surface area contributed by atoms with Crippen LogP contribution >= 0.6 is 0 Å². The molecular weight excluding hydrogens is 219 g/mol. The van der Waals surface area contributed by atoms with Gasteiger partial charge in [-0.15, -0.1) is 0 Å². The topological polar surface area (TPSA) is 56.0 Å². The number of hydrogen-bond acceptors (Lipinski definition) is 3. The lowest BCUT2D eigenvalue weighted by molar-refractivity contribution is 0.148. The summed E-state index contributed by atoms with van der Waals surface area (Å²) in [7, 11) is 0. The third-order valence-electron chi connectivity index (χ3n) is 2.94. The first-order valence-electron chi connectivity index (χ1n) is 5.77. The minimum atomic E-state index is -0.399. The predicted octanol–water partition coefficient (Wildman–Crippen LogP) is 1.56. The summed E-state index contributed by atoms with van der Waals surface area (Å²) in [6.07, 6.45) is 1.89. The zero-order valence-corrected chi connectivity index (χ0v) is 9.49. The van der Waals surface area contributed by atoms with E-state index in [1.54, 1.807) is 6.07 Å². The van der Waals surface area contributed by atoms with E-state index in [0.717, 1.165) is 18.4 Å². The molecule has 1 aromatic carbocycles. The zero-order valence-electron chi connectivity index (χ0n) is 9.49. The van der Waals surface area contributed by atoms with Gasteiger partial charge >= 0.3 is 0 Å². The van der Waals surface area contributed by atoms with E-state index in [1.165, 1.54) is 12.1 Å². The van der Waals surface area contributed by atoms with Crippen molar-refractivity contribution in [3.63, 3.8) is 0 Å². The third-order valence-corrected chi connectivity index (χ3v) is 2.94. The van der Waals surface area contributed by atoms with Crippen molar-refractivity contribution in [2.24, 2.45) is 5.92 Å². The van der Waals surface area contributed by atoms with Crippen molar-refractivity contribution in [3.05, 3.63) is 35.1 Å². The van der Waals surface area contributed by atoms with Crippen molar-refractivity contribution in [2.45, 2.75) is 25.5 Å². The molecule has 2 N–H and O–H groups in total. The fraction of sp³-hybridized carbons (Fsp3) is 0.462. The Balaban J connectivity index is 1.85. The van der Waals surface area contributed by atoms with Gasteiger partial charge in [0.15, 0.2) is 0 Å². The van der Waals surface area contributed by atoms with Gasteiger partial charge in [0.25, 0.3) is 0 Å². The first kappa shape index (κ1) is 12.0. The highest BCUT2D eigenvalue weighted by molar-refractivity contribution is 5.33. The van der Waals surface area contributed by atoms with Crippen LogP contribution in [0.3, 0.4) is 0 Å². The molecule has 0 amide bonds. The van der Waals surface area contributed by atoms with Crippen LogP contribution in [0.4, 0.5) is 4.39 Å². The number of aliphatic hydroxyl groups is 1. The molecule has 3 nitrogen and oxygen atoms in total. The Hall–Kier alpha value is -1.44. The van der Waals surface area contributed by atoms with Crippen LogP contribution in [-0.2, 0) is 6.54 Å². The highest BCUT2D eigenvalue weighted by Gasteiger charge is 2.28. The first-order valence-corrected chi connectivity index (χ1v) is 5.77. The van der Waals surface area contributed by atoms with Crippen LogP contribution in [0.5, 0.6) is 0 Å². The maximum Gasteiger partial charge on any atom is 0.124 e. The van der Waals surface area contributed by atoms with Gasteiger partial charge in [-0.1, -0.05) is 0 Å². The van der Waals surface area contributed by atoms with Gasteiger partial charge in [0.05, 0.1) is 17.7 Å². The number of halogens is 1. The lowest BCUT2D eigenvalue weighted by Gasteiger charge is -2.10. The molecule has 0 heterocycles. The normalized spacial score (nSPS) is 16.5. The molecule has 0 radical (unpaired) electrons. The number of rotatable bonds is 5. The van der Waals surface area contributed by atoms with Crippen molar-refractivity contribution in [2.75, 3.05) is 6.54 Å². The smallest absolute Gasteiger partial charge is 0.124 e. The summed E-state index contributed by atoms with van der Waals surface area (Å²) in [6.45, 7) is 0.985. The van der Waals surface area contributed by atoms with E-state index in [1.807, 2.05) is 6.07 Å². The third kappa shape index (κ3) is 3.52. The van der Waals surface area contributed by atoms with Crippen LogP contribution in [0, 0.1) is 23.1 Å². The molecule has 0 aromatic heterocycles. The number of hydrogen-bond donors (Lipinski definition) is 2. The summed E-state index contributed by atoms with van der Waals surface area (Å²) in [5, 5.41) is 21.4. The van der Waals surface area contributed by atoms with Gasteiger partial charge in [0.2, 0.25) is 0 Å². The highest BCUT2D eigenvalue weighted by Crippen LogP contribution is 2.32. The lowest BCUT2D eigenvalue weighted by atomic mass is 10.1. The Morgan fingerprint density at radius 1 is 1.47 bits per heavy atom. The molecule has 1 unspecified atom stereocenters. The van der Waals surface area contributed by atoms with E-state index in [-0.39, 0.29) is 6.10 Å². The summed E-state index contributed by atoms with van der Waals surface area (Å²) >= 11 is 0. The molecule has 17 heavy (non-hydrogen) atoms. The molecule has 1 aliphatic carbocycles. The Morgan fingerprint density at radius 2 is 2.24 bits per heavy atom. The number of aliphatic hydroxyl groups excluding tert-OH is 1. The van der Waals surface area contributed by atoms with E-state index in [0.29, 0.717) is 24.6 Å². The second kappa shape index (κ2) is 5.26. The van der Waals surface area contributed by atoms with Crippen molar-refractivity contribution in [1.29, 1.82) is 5.26 Å². The molecule has 0 aliphatic heterocycles. The number of benzene rings is 1.